The topological polar surface area (TPSA) is 57.3 Å². The van der Waals surface area contributed by atoms with Crippen LogP contribution in [0.1, 0.15) is 34.4 Å². The van der Waals surface area contributed by atoms with Crippen LogP contribution in [0.25, 0.3) is 0 Å². The third-order valence-corrected chi connectivity index (χ3v) is 5.03. The number of nitrogens with zero attached hydrogens (tertiary/aromatic N) is 2. The van der Waals surface area contributed by atoms with E-state index in [1.807, 2.05) is 27.2 Å². The molecule has 0 fully saturated rings. The number of benzene rings is 1. The molecule has 1 amide bonds. The monoisotopic (exact) mass is 352 g/mol. The number of rotatable bonds is 6. The quantitative estimate of drug-likeness (QED) is 0.838. The first-order valence-corrected chi connectivity index (χ1v) is 9.24. The Labute approximate surface area is 155 Å². The van der Waals surface area contributed by atoms with Crippen molar-refractivity contribution in [3.05, 3.63) is 58.4 Å². The Morgan fingerprint density at radius 1 is 1.27 bits per heavy atom. The fourth-order valence-electron chi connectivity index (χ4n) is 3.37. The Morgan fingerprint density at radius 3 is 2.77 bits per heavy atom. The van der Waals surface area contributed by atoms with E-state index >= 15 is 0 Å². The van der Waals surface area contributed by atoms with Crippen LogP contribution in [0.15, 0.2) is 30.5 Å². The molecule has 0 saturated carbocycles. The summed E-state index contributed by atoms with van der Waals surface area (Å²) in [6.45, 7) is 4.45. The molecule has 0 atom stereocenters. The van der Waals surface area contributed by atoms with Gasteiger partial charge in [-0.15, -0.1) is 0 Å². The fourth-order valence-corrected chi connectivity index (χ4v) is 3.37. The molecule has 0 unspecified atom stereocenters. The molecule has 1 aliphatic heterocycles. The third kappa shape index (κ3) is 4.41. The van der Waals surface area contributed by atoms with Gasteiger partial charge in [0.2, 0.25) is 5.91 Å². The van der Waals surface area contributed by atoms with Crippen LogP contribution in [0.2, 0.25) is 0 Å². The SMILES string of the molecule is Cc1ncc2c(c1CNC(=O)CCc1ccc(N(C)C)cc1)CCNC2. The molecule has 0 radical (unpaired) electrons. The normalized spacial score (nSPS) is 13.2. The Bertz CT molecular complexity index is 768. The number of hydrogen-bond acceptors (Lipinski definition) is 4. The lowest BCUT2D eigenvalue weighted by molar-refractivity contribution is -0.121. The van der Waals surface area contributed by atoms with Crippen molar-refractivity contribution in [2.75, 3.05) is 25.5 Å². The highest BCUT2D eigenvalue weighted by atomic mass is 16.1. The van der Waals surface area contributed by atoms with Gasteiger partial charge >= 0.3 is 0 Å². The number of pyridine rings is 1. The number of fused-ring (bicyclic) bond motifs is 1. The second-order valence-electron chi connectivity index (χ2n) is 7.09. The van der Waals surface area contributed by atoms with Crippen LogP contribution < -0.4 is 15.5 Å². The minimum Gasteiger partial charge on any atom is -0.378 e. The van der Waals surface area contributed by atoms with Crippen LogP contribution in [0, 0.1) is 6.92 Å². The van der Waals surface area contributed by atoms with Crippen LogP contribution in [0.3, 0.4) is 0 Å². The fraction of sp³-hybridized carbons (Fsp3) is 0.429. The number of carbonyl (C=O) groups is 1. The van der Waals surface area contributed by atoms with Gasteiger partial charge in [0.1, 0.15) is 0 Å². The highest BCUT2D eigenvalue weighted by molar-refractivity contribution is 5.76. The van der Waals surface area contributed by atoms with Gasteiger partial charge in [0.15, 0.2) is 0 Å². The maximum absolute atomic E-state index is 12.3. The molecule has 2 aromatic rings. The predicted octanol–water partition coefficient (Wildman–Crippen LogP) is 2.35. The molecule has 1 aliphatic rings. The smallest absolute Gasteiger partial charge is 0.220 e. The number of hydrogen-bond donors (Lipinski definition) is 2. The largest absolute Gasteiger partial charge is 0.378 e. The van der Waals surface area contributed by atoms with Crippen LogP contribution in [-0.4, -0.2) is 31.5 Å². The summed E-state index contributed by atoms with van der Waals surface area (Å²) < 4.78 is 0. The van der Waals surface area contributed by atoms with E-state index in [0.717, 1.165) is 31.6 Å². The van der Waals surface area contributed by atoms with Crippen molar-refractivity contribution >= 4 is 11.6 Å². The minimum absolute atomic E-state index is 0.0904. The second kappa shape index (κ2) is 8.32. The van der Waals surface area contributed by atoms with Crippen LogP contribution in [-0.2, 0) is 30.7 Å². The number of carbonyl (C=O) groups excluding carboxylic acids is 1. The second-order valence-corrected chi connectivity index (χ2v) is 7.09. The lowest BCUT2D eigenvalue weighted by atomic mass is 9.96. The molecular weight excluding hydrogens is 324 g/mol. The number of aromatic nitrogens is 1. The molecule has 5 nitrogen and oxygen atoms in total. The minimum atomic E-state index is 0.0904. The molecular formula is C21H28N4O. The molecule has 3 rings (SSSR count). The maximum Gasteiger partial charge on any atom is 0.220 e. The van der Waals surface area contributed by atoms with Gasteiger partial charge in [-0.25, -0.2) is 0 Å². The van der Waals surface area contributed by atoms with Crippen molar-refractivity contribution in [3.8, 4) is 0 Å². The summed E-state index contributed by atoms with van der Waals surface area (Å²) in [5.41, 5.74) is 7.18. The van der Waals surface area contributed by atoms with E-state index in [1.54, 1.807) is 0 Å². The number of nitrogens with one attached hydrogen (secondary N) is 2. The first kappa shape index (κ1) is 18.4. The van der Waals surface area contributed by atoms with E-state index < -0.39 is 0 Å². The summed E-state index contributed by atoms with van der Waals surface area (Å²) in [5.74, 6) is 0.0904. The molecule has 0 saturated heterocycles. The first-order chi connectivity index (χ1) is 12.5. The number of aryl methyl sites for hydroxylation is 2. The Balaban J connectivity index is 1.55. The van der Waals surface area contributed by atoms with E-state index in [2.05, 4.69) is 44.8 Å². The molecule has 26 heavy (non-hydrogen) atoms. The summed E-state index contributed by atoms with van der Waals surface area (Å²) in [5, 5.41) is 6.45. The van der Waals surface area contributed by atoms with Gasteiger partial charge in [0, 0.05) is 51.2 Å². The molecule has 0 spiro atoms. The zero-order valence-electron chi connectivity index (χ0n) is 15.9. The maximum atomic E-state index is 12.3. The van der Waals surface area contributed by atoms with E-state index in [1.165, 1.54) is 27.9 Å². The van der Waals surface area contributed by atoms with Crippen LogP contribution in [0.5, 0.6) is 0 Å². The predicted molar refractivity (Wildman–Crippen MR) is 105 cm³/mol. The van der Waals surface area contributed by atoms with Gasteiger partial charge in [-0.3, -0.25) is 9.78 Å². The zero-order chi connectivity index (χ0) is 18.5. The van der Waals surface area contributed by atoms with Crippen molar-refractivity contribution in [1.29, 1.82) is 0 Å². The molecule has 0 aliphatic carbocycles. The highest BCUT2D eigenvalue weighted by Gasteiger charge is 2.16. The van der Waals surface area contributed by atoms with Crippen molar-refractivity contribution < 1.29 is 4.79 Å². The number of anilines is 1. The van der Waals surface area contributed by atoms with Crippen molar-refractivity contribution in [2.45, 2.75) is 39.3 Å². The summed E-state index contributed by atoms with van der Waals surface area (Å²) >= 11 is 0. The van der Waals surface area contributed by atoms with Crippen molar-refractivity contribution in [2.24, 2.45) is 0 Å². The summed E-state index contributed by atoms with van der Waals surface area (Å²) in [6, 6.07) is 8.37. The summed E-state index contributed by atoms with van der Waals surface area (Å²) in [4.78, 5) is 18.9. The number of amides is 1. The molecule has 0 bridgehead atoms. The van der Waals surface area contributed by atoms with Gasteiger partial charge in [-0.05, 0) is 60.7 Å². The average Bonchev–Trinajstić information content (AvgIpc) is 2.66. The van der Waals surface area contributed by atoms with Crippen LogP contribution in [0.4, 0.5) is 5.69 Å². The van der Waals surface area contributed by atoms with Crippen molar-refractivity contribution in [3.63, 3.8) is 0 Å². The average molecular weight is 352 g/mol. The lowest BCUT2D eigenvalue weighted by Crippen LogP contribution is -2.29. The Hall–Kier alpha value is -2.40. The van der Waals surface area contributed by atoms with Crippen molar-refractivity contribution in [1.82, 2.24) is 15.6 Å². The standard InChI is InChI=1S/C21H28N4O/c1-15-20(19-10-11-22-12-17(19)13-23-15)14-24-21(26)9-6-16-4-7-18(8-5-16)25(2)3/h4-5,7-8,13,22H,6,9-12,14H2,1-3H3,(H,24,26). The lowest BCUT2D eigenvalue weighted by Gasteiger charge is -2.21. The summed E-state index contributed by atoms with van der Waals surface area (Å²) in [7, 11) is 4.05. The molecule has 5 heteroatoms. The van der Waals surface area contributed by atoms with Crippen LogP contribution >= 0.6 is 0 Å². The molecule has 2 heterocycles. The van der Waals surface area contributed by atoms with Gasteiger partial charge < -0.3 is 15.5 Å². The van der Waals surface area contributed by atoms with E-state index in [-0.39, 0.29) is 5.91 Å². The summed E-state index contributed by atoms with van der Waals surface area (Å²) in [6.07, 6.45) is 4.22. The van der Waals surface area contributed by atoms with E-state index in [0.29, 0.717) is 13.0 Å². The third-order valence-electron chi connectivity index (χ3n) is 5.03. The van der Waals surface area contributed by atoms with Gasteiger partial charge in [0.05, 0.1) is 0 Å². The van der Waals surface area contributed by atoms with Gasteiger partial charge in [0.25, 0.3) is 0 Å². The molecule has 138 valence electrons. The van der Waals surface area contributed by atoms with Gasteiger partial charge in [-0.2, -0.15) is 0 Å². The van der Waals surface area contributed by atoms with E-state index in [4.69, 9.17) is 0 Å². The molecule has 1 aromatic heterocycles. The molecule has 2 N–H and O–H groups in total. The Morgan fingerprint density at radius 2 is 2.04 bits per heavy atom. The van der Waals surface area contributed by atoms with Gasteiger partial charge in [-0.1, -0.05) is 12.1 Å². The van der Waals surface area contributed by atoms with E-state index in [9.17, 15) is 4.79 Å². The highest BCUT2D eigenvalue weighted by Crippen LogP contribution is 2.20. The first-order valence-electron chi connectivity index (χ1n) is 9.24. The molecule has 1 aromatic carbocycles. The Kier molecular flexibility index (Phi) is 5.89. The zero-order valence-corrected chi connectivity index (χ0v) is 15.9.